The van der Waals surface area contributed by atoms with E-state index in [9.17, 15) is 9.59 Å². The Hall–Kier alpha value is -3.42. The van der Waals surface area contributed by atoms with Gasteiger partial charge in [-0.1, -0.05) is 41.4 Å². The van der Waals surface area contributed by atoms with Gasteiger partial charge in [0, 0.05) is 36.0 Å². The number of rotatable bonds is 6. The maximum atomic E-state index is 12.5. The molecule has 1 fully saturated rings. The third kappa shape index (κ3) is 5.73. The van der Waals surface area contributed by atoms with Gasteiger partial charge in [0.2, 0.25) is 5.91 Å². The smallest absolute Gasteiger partial charge is 0.254 e. The minimum absolute atomic E-state index is 0.0335. The number of aromatic nitrogens is 2. The summed E-state index contributed by atoms with van der Waals surface area (Å²) >= 11 is 6.54. The number of carbonyl (C=O) groups excluding carboxylic acids is 2. The molecule has 2 amide bonds. The number of nitrogens with one attached hydrogen (secondary N) is 1. The molecule has 34 heavy (non-hydrogen) atoms. The van der Waals surface area contributed by atoms with Crippen LogP contribution < -0.4 is 5.32 Å². The van der Waals surface area contributed by atoms with E-state index < -0.39 is 0 Å². The molecule has 0 bridgehead atoms. The number of carbonyl (C=O) groups is 2. The van der Waals surface area contributed by atoms with Crippen LogP contribution in [0.3, 0.4) is 0 Å². The van der Waals surface area contributed by atoms with Crippen LogP contribution in [0.25, 0.3) is 6.08 Å². The van der Waals surface area contributed by atoms with Gasteiger partial charge in [-0.2, -0.15) is 5.10 Å². The molecule has 0 radical (unpaired) electrons. The summed E-state index contributed by atoms with van der Waals surface area (Å²) in [6.45, 7) is 6.75. The number of hydrogen-bond acceptors (Lipinski definition) is 4. The first kappa shape index (κ1) is 23.7. The minimum Gasteiger partial charge on any atom is -0.378 e. The Bertz CT molecular complexity index is 1190. The molecular weight excluding hydrogens is 452 g/mol. The van der Waals surface area contributed by atoms with E-state index in [1.165, 1.54) is 11.6 Å². The Morgan fingerprint density at radius 2 is 1.74 bits per heavy atom. The van der Waals surface area contributed by atoms with Crippen LogP contribution in [-0.4, -0.2) is 52.8 Å². The van der Waals surface area contributed by atoms with Crippen LogP contribution in [0.2, 0.25) is 5.15 Å². The quantitative estimate of drug-likeness (QED) is 0.535. The largest absolute Gasteiger partial charge is 0.378 e. The topological polar surface area (TPSA) is 76.5 Å². The number of aryl methyl sites for hydroxylation is 2. The first-order valence-corrected chi connectivity index (χ1v) is 11.5. The van der Waals surface area contributed by atoms with Crippen molar-refractivity contribution in [3.05, 3.63) is 87.7 Å². The van der Waals surface area contributed by atoms with E-state index in [0.717, 1.165) is 11.3 Å². The molecule has 1 saturated heterocycles. The summed E-state index contributed by atoms with van der Waals surface area (Å²) in [6.07, 6.45) is 3.10. The Morgan fingerprint density at radius 1 is 1.06 bits per heavy atom. The number of hydrogen-bond donors (Lipinski definition) is 1. The fraction of sp³-hybridized carbons (Fsp3) is 0.269. The molecule has 7 nitrogen and oxygen atoms in total. The van der Waals surface area contributed by atoms with Crippen molar-refractivity contribution in [2.75, 3.05) is 31.6 Å². The van der Waals surface area contributed by atoms with E-state index >= 15 is 0 Å². The van der Waals surface area contributed by atoms with Crippen molar-refractivity contribution in [1.82, 2.24) is 14.7 Å². The number of amides is 2. The summed E-state index contributed by atoms with van der Waals surface area (Å²) in [6, 6.07) is 15.1. The van der Waals surface area contributed by atoms with Crippen molar-refractivity contribution in [3.8, 4) is 0 Å². The Balaban J connectivity index is 1.37. The van der Waals surface area contributed by atoms with Gasteiger partial charge in [-0.25, -0.2) is 4.68 Å². The summed E-state index contributed by atoms with van der Waals surface area (Å²) in [5.74, 6) is -0.331. The highest BCUT2D eigenvalue weighted by molar-refractivity contribution is 6.31. The van der Waals surface area contributed by atoms with Crippen molar-refractivity contribution >= 4 is 35.2 Å². The first-order chi connectivity index (χ1) is 16.4. The lowest BCUT2D eigenvalue weighted by molar-refractivity contribution is -0.111. The second-order valence-electron chi connectivity index (χ2n) is 8.24. The Labute approximate surface area is 204 Å². The van der Waals surface area contributed by atoms with Crippen LogP contribution in [0.15, 0.2) is 54.6 Å². The summed E-state index contributed by atoms with van der Waals surface area (Å²) in [5, 5.41) is 7.80. The van der Waals surface area contributed by atoms with E-state index in [1.807, 2.05) is 26.0 Å². The lowest BCUT2D eigenvalue weighted by Crippen LogP contribution is -2.40. The van der Waals surface area contributed by atoms with Crippen molar-refractivity contribution in [2.45, 2.75) is 20.4 Å². The average molecular weight is 479 g/mol. The number of halogens is 1. The summed E-state index contributed by atoms with van der Waals surface area (Å²) < 4.78 is 7.01. The lowest BCUT2D eigenvalue weighted by atomic mass is 10.1. The maximum absolute atomic E-state index is 12.5. The average Bonchev–Trinajstić information content (AvgIpc) is 3.11. The van der Waals surface area contributed by atoms with Gasteiger partial charge < -0.3 is 15.0 Å². The third-order valence-corrected chi connectivity index (χ3v) is 6.06. The van der Waals surface area contributed by atoms with E-state index in [1.54, 1.807) is 39.9 Å². The van der Waals surface area contributed by atoms with Gasteiger partial charge in [0.15, 0.2) is 0 Å². The molecule has 0 unspecified atom stereocenters. The van der Waals surface area contributed by atoms with E-state index in [0.29, 0.717) is 54.8 Å². The molecule has 0 spiro atoms. The van der Waals surface area contributed by atoms with Gasteiger partial charge in [-0.05, 0) is 49.8 Å². The predicted octanol–water partition coefficient (Wildman–Crippen LogP) is 4.33. The molecule has 0 atom stereocenters. The molecule has 4 rings (SSSR count). The lowest BCUT2D eigenvalue weighted by Gasteiger charge is -2.26. The van der Waals surface area contributed by atoms with Crippen molar-refractivity contribution in [3.63, 3.8) is 0 Å². The molecule has 0 aliphatic carbocycles. The number of benzene rings is 2. The van der Waals surface area contributed by atoms with Crippen LogP contribution in [-0.2, 0) is 16.1 Å². The highest BCUT2D eigenvalue weighted by Crippen LogP contribution is 2.22. The fourth-order valence-corrected chi connectivity index (χ4v) is 4.01. The zero-order valence-electron chi connectivity index (χ0n) is 19.3. The first-order valence-electron chi connectivity index (χ1n) is 11.2. The Kier molecular flexibility index (Phi) is 7.45. The van der Waals surface area contributed by atoms with Gasteiger partial charge in [-0.3, -0.25) is 9.59 Å². The van der Waals surface area contributed by atoms with Crippen LogP contribution >= 0.6 is 11.6 Å². The molecule has 1 aliphatic rings. The van der Waals surface area contributed by atoms with Crippen LogP contribution in [0.4, 0.5) is 5.69 Å². The minimum atomic E-state index is -0.297. The molecule has 176 valence electrons. The van der Waals surface area contributed by atoms with Crippen LogP contribution in [0.5, 0.6) is 0 Å². The van der Waals surface area contributed by atoms with Crippen molar-refractivity contribution in [1.29, 1.82) is 0 Å². The highest BCUT2D eigenvalue weighted by atomic mass is 35.5. The summed E-state index contributed by atoms with van der Waals surface area (Å²) in [4.78, 5) is 26.8. The zero-order valence-corrected chi connectivity index (χ0v) is 20.0. The second-order valence-corrected chi connectivity index (χ2v) is 8.60. The van der Waals surface area contributed by atoms with Gasteiger partial charge in [0.25, 0.3) is 5.91 Å². The molecular formula is C26H27ClN4O3. The van der Waals surface area contributed by atoms with E-state index in [4.69, 9.17) is 16.3 Å². The molecule has 2 aromatic carbocycles. The second kappa shape index (κ2) is 10.7. The molecule has 3 aromatic rings. The van der Waals surface area contributed by atoms with Gasteiger partial charge in [-0.15, -0.1) is 0 Å². The van der Waals surface area contributed by atoms with Crippen LogP contribution in [0, 0.1) is 13.8 Å². The standard InChI is InChI=1S/C26H27ClN4O3/c1-18-3-5-20(6-4-18)17-31-25(27)23(19(2)29-31)11-12-24(32)28-22-9-7-21(8-10-22)26(33)30-13-15-34-16-14-30/h3-12H,13-17H2,1-2H3,(H,28,32)/b12-11+. The Morgan fingerprint density at radius 3 is 2.41 bits per heavy atom. The predicted molar refractivity (Wildman–Crippen MR) is 133 cm³/mol. The fourth-order valence-electron chi connectivity index (χ4n) is 3.72. The molecule has 2 heterocycles. The normalized spacial score (nSPS) is 13.9. The molecule has 8 heteroatoms. The molecule has 1 N–H and O–H groups in total. The van der Waals surface area contributed by atoms with E-state index in [-0.39, 0.29) is 11.8 Å². The maximum Gasteiger partial charge on any atom is 0.254 e. The van der Waals surface area contributed by atoms with Gasteiger partial charge in [0.1, 0.15) is 5.15 Å². The van der Waals surface area contributed by atoms with Crippen molar-refractivity contribution < 1.29 is 14.3 Å². The third-order valence-electron chi connectivity index (χ3n) is 5.66. The number of nitrogens with zero attached hydrogens (tertiary/aromatic N) is 3. The number of anilines is 1. The molecule has 1 aromatic heterocycles. The van der Waals surface area contributed by atoms with E-state index in [2.05, 4.69) is 22.5 Å². The zero-order chi connectivity index (χ0) is 24.1. The highest BCUT2D eigenvalue weighted by Gasteiger charge is 2.18. The monoisotopic (exact) mass is 478 g/mol. The summed E-state index contributed by atoms with van der Waals surface area (Å²) in [5.41, 5.74) is 4.92. The van der Waals surface area contributed by atoms with Crippen LogP contribution in [0.1, 0.15) is 32.7 Å². The van der Waals surface area contributed by atoms with Gasteiger partial charge in [0.05, 0.1) is 25.5 Å². The number of morpholine rings is 1. The SMILES string of the molecule is Cc1ccc(Cn2nc(C)c(/C=C/C(=O)Nc3ccc(C(=O)N4CCOCC4)cc3)c2Cl)cc1. The summed E-state index contributed by atoms with van der Waals surface area (Å²) in [7, 11) is 0. The number of ether oxygens (including phenoxy) is 1. The molecule has 1 aliphatic heterocycles. The van der Waals surface area contributed by atoms with Gasteiger partial charge >= 0.3 is 0 Å². The molecule has 0 saturated carbocycles. The van der Waals surface area contributed by atoms with Crippen molar-refractivity contribution in [2.24, 2.45) is 0 Å².